The van der Waals surface area contributed by atoms with Crippen molar-refractivity contribution in [2.45, 2.75) is 51.0 Å². The normalized spacial score (nSPS) is 15.4. The third-order valence-corrected chi connectivity index (χ3v) is 5.35. The largest absolute Gasteiger partial charge is 0.469 e. The second kappa shape index (κ2) is 8.82. The fourth-order valence-corrected chi connectivity index (χ4v) is 3.93. The smallest absolute Gasteiger partial charge is 0.328 e. The summed E-state index contributed by atoms with van der Waals surface area (Å²) in [4.78, 5) is 37.5. The van der Waals surface area contributed by atoms with Crippen LogP contribution in [0.5, 0.6) is 0 Å². The first-order valence-corrected chi connectivity index (χ1v) is 8.94. The Hall–Kier alpha value is -1.89. The van der Waals surface area contributed by atoms with Crippen molar-refractivity contribution in [2.24, 2.45) is 0 Å². The Labute approximate surface area is 145 Å². The lowest BCUT2D eigenvalue weighted by molar-refractivity contribution is -0.149. The molecule has 1 aliphatic rings. The molecule has 1 aromatic heterocycles. The number of hydrogen-bond donors (Lipinski definition) is 1. The maximum Gasteiger partial charge on any atom is 0.328 e. The number of thiophene rings is 1. The summed E-state index contributed by atoms with van der Waals surface area (Å²) in [7, 11) is 2.45. The van der Waals surface area contributed by atoms with E-state index in [2.05, 4.69) is 14.8 Å². The maximum atomic E-state index is 12.5. The van der Waals surface area contributed by atoms with E-state index in [0.717, 1.165) is 25.7 Å². The summed E-state index contributed by atoms with van der Waals surface area (Å²) >= 11 is 1.47. The van der Waals surface area contributed by atoms with Gasteiger partial charge in [-0.1, -0.05) is 12.8 Å². The zero-order valence-corrected chi connectivity index (χ0v) is 14.9. The molecule has 1 N–H and O–H groups in total. The number of esters is 2. The Morgan fingerprint density at radius 3 is 2.50 bits per heavy atom. The van der Waals surface area contributed by atoms with Gasteiger partial charge in [0, 0.05) is 4.88 Å². The van der Waals surface area contributed by atoms with E-state index < -0.39 is 18.0 Å². The lowest BCUT2D eigenvalue weighted by Crippen LogP contribution is -2.42. The van der Waals surface area contributed by atoms with Gasteiger partial charge in [0.15, 0.2) is 0 Å². The first-order chi connectivity index (χ1) is 11.5. The fourth-order valence-electron chi connectivity index (χ4n) is 2.77. The molecule has 1 amide bonds. The third-order valence-electron chi connectivity index (χ3n) is 4.11. The number of amides is 1. The highest BCUT2D eigenvalue weighted by Crippen LogP contribution is 2.28. The molecule has 2 rings (SSSR count). The average Bonchev–Trinajstić information content (AvgIpc) is 2.95. The molecule has 0 unspecified atom stereocenters. The number of aryl methyl sites for hydroxylation is 2. The number of fused-ring (bicyclic) bond motifs is 1. The second-order valence-electron chi connectivity index (χ2n) is 5.80. The molecule has 0 aromatic carbocycles. The molecule has 1 heterocycles. The number of hydrogen-bond acceptors (Lipinski definition) is 6. The molecule has 6 nitrogen and oxygen atoms in total. The van der Waals surface area contributed by atoms with Gasteiger partial charge in [0.05, 0.1) is 25.5 Å². The van der Waals surface area contributed by atoms with Crippen LogP contribution in [0, 0.1) is 0 Å². The Balaban J connectivity index is 2.10. The molecule has 0 radical (unpaired) electrons. The fraction of sp³-hybridized carbons (Fsp3) is 0.588. The highest BCUT2D eigenvalue weighted by atomic mass is 32.1. The number of carbonyl (C=O) groups is 3. The number of carbonyl (C=O) groups excluding carboxylic acids is 3. The SMILES string of the molecule is COC(=O)C[C@@H](NC(=O)c1cc2c(s1)CCCCCC2)C(=O)OC. The Bertz CT molecular complexity index is 585. The molecule has 0 fully saturated rings. The quantitative estimate of drug-likeness (QED) is 0.821. The topological polar surface area (TPSA) is 81.7 Å². The van der Waals surface area contributed by atoms with Crippen molar-refractivity contribution in [3.8, 4) is 0 Å². The van der Waals surface area contributed by atoms with E-state index in [4.69, 9.17) is 0 Å². The van der Waals surface area contributed by atoms with Crippen LogP contribution in [-0.4, -0.2) is 38.1 Å². The minimum atomic E-state index is -1.04. The summed E-state index contributed by atoms with van der Waals surface area (Å²) in [5.74, 6) is -1.60. The zero-order chi connectivity index (χ0) is 17.5. The summed E-state index contributed by atoms with van der Waals surface area (Å²) in [6.07, 6.45) is 6.46. The molecule has 132 valence electrons. The van der Waals surface area contributed by atoms with Crippen molar-refractivity contribution in [2.75, 3.05) is 14.2 Å². The van der Waals surface area contributed by atoms with Gasteiger partial charge in [0.2, 0.25) is 0 Å². The van der Waals surface area contributed by atoms with E-state index in [1.54, 1.807) is 0 Å². The van der Waals surface area contributed by atoms with Gasteiger partial charge < -0.3 is 14.8 Å². The van der Waals surface area contributed by atoms with Crippen LogP contribution in [0.1, 0.15) is 52.2 Å². The van der Waals surface area contributed by atoms with Crippen LogP contribution >= 0.6 is 11.3 Å². The van der Waals surface area contributed by atoms with Crippen molar-refractivity contribution in [1.29, 1.82) is 0 Å². The number of ether oxygens (including phenoxy) is 2. The molecule has 1 aliphatic carbocycles. The molecule has 1 aromatic rings. The van der Waals surface area contributed by atoms with Crippen LogP contribution in [0.25, 0.3) is 0 Å². The molecule has 0 aliphatic heterocycles. The lowest BCUT2D eigenvalue weighted by atomic mass is 10.00. The molecule has 0 saturated carbocycles. The van der Waals surface area contributed by atoms with Gasteiger partial charge in [-0.25, -0.2) is 4.79 Å². The number of methoxy groups -OCH3 is 2. The molecular weight excluding hydrogens is 330 g/mol. The van der Waals surface area contributed by atoms with E-state index >= 15 is 0 Å². The van der Waals surface area contributed by atoms with Gasteiger partial charge in [-0.2, -0.15) is 0 Å². The monoisotopic (exact) mass is 353 g/mol. The minimum absolute atomic E-state index is 0.250. The minimum Gasteiger partial charge on any atom is -0.469 e. The van der Waals surface area contributed by atoms with Crippen molar-refractivity contribution in [3.63, 3.8) is 0 Å². The van der Waals surface area contributed by atoms with Crippen LogP contribution < -0.4 is 5.32 Å². The first kappa shape index (κ1) is 18.4. The average molecular weight is 353 g/mol. The third kappa shape index (κ3) is 4.80. The highest BCUT2D eigenvalue weighted by Gasteiger charge is 2.26. The van der Waals surface area contributed by atoms with E-state index in [0.29, 0.717) is 4.88 Å². The Kier molecular flexibility index (Phi) is 6.78. The van der Waals surface area contributed by atoms with Gasteiger partial charge >= 0.3 is 11.9 Å². The molecule has 0 bridgehead atoms. The van der Waals surface area contributed by atoms with Crippen molar-refractivity contribution in [3.05, 3.63) is 21.4 Å². The van der Waals surface area contributed by atoms with Crippen LogP contribution in [0.3, 0.4) is 0 Å². The van der Waals surface area contributed by atoms with Gasteiger partial charge in [0.1, 0.15) is 6.04 Å². The maximum absolute atomic E-state index is 12.5. The van der Waals surface area contributed by atoms with Crippen LogP contribution in [0.4, 0.5) is 0 Å². The molecule has 0 spiro atoms. The van der Waals surface area contributed by atoms with E-state index in [-0.39, 0.29) is 12.3 Å². The number of rotatable bonds is 5. The first-order valence-electron chi connectivity index (χ1n) is 8.12. The van der Waals surface area contributed by atoms with Gasteiger partial charge in [0.25, 0.3) is 5.91 Å². The molecule has 7 heteroatoms. The molecule has 0 saturated heterocycles. The van der Waals surface area contributed by atoms with Gasteiger partial charge in [-0.15, -0.1) is 11.3 Å². The van der Waals surface area contributed by atoms with E-state index in [1.807, 2.05) is 6.07 Å². The van der Waals surface area contributed by atoms with Crippen LogP contribution in [-0.2, 0) is 31.9 Å². The van der Waals surface area contributed by atoms with Crippen molar-refractivity contribution < 1.29 is 23.9 Å². The summed E-state index contributed by atoms with van der Waals surface area (Å²) in [6, 6.07) is 0.868. The Morgan fingerprint density at radius 2 is 1.83 bits per heavy atom. The molecule has 1 atom stereocenters. The summed E-state index contributed by atoms with van der Waals surface area (Å²) in [5.41, 5.74) is 1.23. The second-order valence-corrected chi connectivity index (χ2v) is 6.94. The molecule has 24 heavy (non-hydrogen) atoms. The van der Waals surface area contributed by atoms with Gasteiger partial charge in [-0.05, 0) is 37.3 Å². The van der Waals surface area contributed by atoms with Crippen molar-refractivity contribution >= 4 is 29.2 Å². The van der Waals surface area contributed by atoms with Crippen molar-refractivity contribution in [1.82, 2.24) is 5.32 Å². The van der Waals surface area contributed by atoms with Crippen LogP contribution in [0.15, 0.2) is 6.07 Å². The predicted molar refractivity (Wildman–Crippen MR) is 90.1 cm³/mol. The van der Waals surface area contributed by atoms with E-state index in [1.165, 1.54) is 48.8 Å². The molecular formula is C17H23NO5S. The standard InChI is InChI=1S/C17H23NO5S/c1-22-15(19)10-12(17(21)23-2)18-16(20)14-9-11-7-5-3-4-6-8-13(11)24-14/h9,12H,3-8,10H2,1-2H3,(H,18,20)/t12-/m1/s1. The zero-order valence-electron chi connectivity index (χ0n) is 14.1. The lowest BCUT2D eigenvalue weighted by Gasteiger charge is -2.14. The summed E-state index contributed by atoms with van der Waals surface area (Å²) in [5, 5.41) is 2.59. The summed E-state index contributed by atoms with van der Waals surface area (Å²) in [6.45, 7) is 0. The predicted octanol–water partition coefficient (Wildman–Crippen LogP) is 2.24. The van der Waals surface area contributed by atoms with Gasteiger partial charge in [-0.3, -0.25) is 9.59 Å². The Morgan fingerprint density at radius 1 is 1.12 bits per heavy atom. The van der Waals surface area contributed by atoms with Crippen LogP contribution in [0.2, 0.25) is 0 Å². The number of nitrogens with one attached hydrogen (secondary N) is 1. The highest BCUT2D eigenvalue weighted by molar-refractivity contribution is 7.14. The summed E-state index contributed by atoms with van der Waals surface area (Å²) < 4.78 is 9.21. The van der Waals surface area contributed by atoms with E-state index in [9.17, 15) is 14.4 Å².